The van der Waals surface area contributed by atoms with Crippen molar-refractivity contribution in [3.8, 4) is 0 Å². The molecule has 9 heteroatoms. The minimum atomic E-state index is -3.20. The number of hydrogen-bond donors (Lipinski definition) is 0. The predicted molar refractivity (Wildman–Crippen MR) is 119 cm³/mol. The molecule has 1 aliphatic heterocycles. The number of rotatable bonds is 8. The van der Waals surface area contributed by atoms with Gasteiger partial charge >= 0.3 is 0 Å². The average molecular weight is 447 g/mol. The molecule has 3 aromatic rings. The number of benzene rings is 1. The maximum Gasteiger partial charge on any atom is 0.235 e. The molecule has 0 radical (unpaired) electrons. The molecule has 0 spiro atoms. The van der Waals surface area contributed by atoms with Gasteiger partial charge in [-0.1, -0.05) is 6.92 Å². The van der Waals surface area contributed by atoms with Gasteiger partial charge < -0.3 is 4.42 Å². The molecule has 1 atom stereocenters. The Morgan fingerprint density at radius 3 is 2.67 bits per heavy atom. The van der Waals surface area contributed by atoms with Crippen LogP contribution in [0.15, 0.2) is 39.9 Å². The number of thioether (sulfide) groups is 1. The molecule has 1 aliphatic rings. The lowest BCUT2D eigenvalue weighted by molar-refractivity contribution is 0.444. The van der Waals surface area contributed by atoms with E-state index in [1.165, 1.54) is 4.31 Å². The third-order valence-corrected chi connectivity index (χ3v) is 7.98. The van der Waals surface area contributed by atoms with E-state index in [0.29, 0.717) is 36.0 Å². The molecular weight excluding hydrogens is 420 g/mol. The lowest BCUT2D eigenvalue weighted by Crippen LogP contribution is -2.24. The summed E-state index contributed by atoms with van der Waals surface area (Å²) in [4.78, 5) is 14.5. The maximum atomic E-state index is 12.1. The first kappa shape index (κ1) is 21.1. The van der Waals surface area contributed by atoms with Crippen LogP contribution in [0, 0.1) is 5.92 Å². The van der Waals surface area contributed by atoms with Crippen molar-refractivity contribution in [3.05, 3.63) is 42.3 Å². The second-order valence-electron chi connectivity index (χ2n) is 7.72. The SMILES string of the molecule is CSc1cnc(CCC(C)CCc2nc3ccc(N4CCCS4(=O)=O)cc3o2)nc1. The fraction of sp³-hybridized carbons (Fsp3) is 0.476. The van der Waals surface area contributed by atoms with E-state index in [-0.39, 0.29) is 5.75 Å². The third-order valence-electron chi connectivity index (χ3n) is 5.43. The molecule has 1 saturated heterocycles. The van der Waals surface area contributed by atoms with Crippen LogP contribution in [0.5, 0.6) is 0 Å². The van der Waals surface area contributed by atoms with Gasteiger partial charge in [-0.05, 0) is 43.6 Å². The number of fused-ring (bicyclic) bond motifs is 1. The number of aromatic nitrogens is 3. The first-order valence-corrected chi connectivity index (χ1v) is 13.0. The van der Waals surface area contributed by atoms with E-state index in [9.17, 15) is 8.42 Å². The van der Waals surface area contributed by atoms with Crippen LogP contribution in [0.1, 0.15) is 37.9 Å². The first-order valence-electron chi connectivity index (χ1n) is 10.2. The van der Waals surface area contributed by atoms with Crippen LogP contribution < -0.4 is 4.31 Å². The highest BCUT2D eigenvalue weighted by Gasteiger charge is 2.28. The molecule has 7 nitrogen and oxygen atoms in total. The lowest BCUT2D eigenvalue weighted by Gasteiger charge is -2.16. The molecule has 160 valence electrons. The summed E-state index contributed by atoms with van der Waals surface area (Å²) in [7, 11) is -3.20. The van der Waals surface area contributed by atoms with Gasteiger partial charge in [-0.15, -0.1) is 11.8 Å². The number of nitrogens with zero attached hydrogens (tertiary/aromatic N) is 4. The van der Waals surface area contributed by atoms with Crippen molar-refractivity contribution in [1.82, 2.24) is 15.0 Å². The number of hydrogen-bond acceptors (Lipinski definition) is 7. The normalized spacial score (nSPS) is 16.9. The summed E-state index contributed by atoms with van der Waals surface area (Å²) in [6, 6.07) is 5.43. The van der Waals surface area contributed by atoms with Crippen LogP contribution in [0.2, 0.25) is 0 Å². The smallest absolute Gasteiger partial charge is 0.235 e. The topological polar surface area (TPSA) is 89.2 Å². The Morgan fingerprint density at radius 2 is 1.97 bits per heavy atom. The molecule has 0 aliphatic carbocycles. The molecule has 0 amide bonds. The highest BCUT2D eigenvalue weighted by molar-refractivity contribution is 7.98. The third kappa shape index (κ3) is 4.78. The highest BCUT2D eigenvalue weighted by atomic mass is 32.2. The summed E-state index contributed by atoms with van der Waals surface area (Å²) in [6.45, 7) is 2.74. The summed E-state index contributed by atoms with van der Waals surface area (Å²) in [5.41, 5.74) is 2.06. The van der Waals surface area contributed by atoms with Gasteiger partial charge in [0.05, 0.1) is 11.4 Å². The van der Waals surface area contributed by atoms with E-state index in [1.807, 2.05) is 30.8 Å². The van der Waals surface area contributed by atoms with Crippen molar-refractivity contribution in [3.63, 3.8) is 0 Å². The van der Waals surface area contributed by atoms with Gasteiger partial charge in [0.15, 0.2) is 11.5 Å². The summed E-state index contributed by atoms with van der Waals surface area (Å²) in [6.07, 6.45) is 10.00. The van der Waals surface area contributed by atoms with Crippen molar-refractivity contribution in [2.45, 2.75) is 43.9 Å². The second-order valence-corrected chi connectivity index (χ2v) is 10.6. The Kier molecular flexibility index (Phi) is 6.29. The lowest BCUT2D eigenvalue weighted by atomic mass is 9.99. The van der Waals surface area contributed by atoms with Gasteiger partial charge in [-0.2, -0.15) is 0 Å². The highest BCUT2D eigenvalue weighted by Crippen LogP contribution is 2.28. The van der Waals surface area contributed by atoms with Crippen molar-refractivity contribution in [2.75, 3.05) is 22.9 Å². The Balaban J connectivity index is 1.34. The fourth-order valence-electron chi connectivity index (χ4n) is 3.62. The monoisotopic (exact) mass is 446 g/mol. The van der Waals surface area contributed by atoms with Crippen molar-refractivity contribution in [2.24, 2.45) is 5.92 Å². The molecule has 30 heavy (non-hydrogen) atoms. The van der Waals surface area contributed by atoms with Crippen molar-refractivity contribution < 1.29 is 12.8 Å². The van der Waals surface area contributed by atoms with E-state index in [0.717, 1.165) is 41.9 Å². The van der Waals surface area contributed by atoms with Crippen LogP contribution in [-0.4, -0.2) is 41.9 Å². The molecule has 0 N–H and O–H groups in total. The maximum absolute atomic E-state index is 12.1. The second kappa shape index (κ2) is 8.93. The summed E-state index contributed by atoms with van der Waals surface area (Å²) >= 11 is 1.64. The van der Waals surface area contributed by atoms with Gasteiger partial charge in [-0.25, -0.2) is 23.4 Å². The van der Waals surface area contributed by atoms with Crippen LogP contribution >= 0.6 is 11.8 Å². The molecule has 2 aromatic heterocycles. The van der Waals surface area contributed by atoms with Crippen LogP contribution in [0.3, 0.4) is 0 Å². The summed E-state index contributed by atoms with van der Waals surface area (Å²) in [5.74, 6) is 2.27. The zero-order valence-corrected chi connectivity index (χ0v) is 18.9. The van der Waals surface area contributed by atoms with Gasteiger partial charge in [0.1, 0.15) is 11.3 Å². The fourth-order valence-corrected chi connectivity index (χ4v) is 5.49. The first-order chi connectivity index (χ1) is 14.4. The summed E-state index contributed by atoms with van der Waals surface area (Å²) in [5, 5.41) is 0. The molecule has 1 aromatic carbocycles. The largest absolute Gasteiger partial charge is 0.441 e. The van der Waals surface area contributed by atoms with Crippen molar-refractivity contribution in [1.29, 1.82) is 0 Å². The Bertz CT molecular complexity index is 1110. The van der Waals surface area contributed by atoms with E-state index >= 15 is 0 Å². The van der Waals surface area contributed by atoms with E-state index < -0.39 is 10.0 Å². The quantitative estimate of drug-likeness (QED) is 0.482. The van der Waals surface area contributed by atoms with Gasteiger partial charge in [0.25, 0.3) is 0 Å². The van der Waals surface area contributed by atoms with Gasteiger partial charge in [-0.3, -0.25) is 4.31 Å². The zero-order valence-electron chi connectivity index (χ0n) is 17.2. The number of anilines is 1. The molecule has 3 heterocycles. The number of sulfonamides is 1. The van der Waals surface area contributed by atoms with E-state index in [2.05, 4.69) is 21.9 Å². The molecule has 0 bridgehead atoms. The molecular formula is C21H26N4O3S2. The summed E-state index contributed by atoms with van der Waals surface area (Å²) < 4.78 is 31.7. The van der Waals surface area contributed by atoms with Gasteiger partial charge in [0.2, 0.25) is 10.0 Å². The van der Waals surface area contributed by atoms with Crippen molar-refractivity contribution >= 4 is 38.6 Å². The molecule has 0 saturated carbocycles. The standard InChI is InChI=1S/C21H26N4O3S2/c1-15(4-8-20-22-13-17(29-2)14-23-20)5-9-21-24-18-7-6-16(12-19(18)28-21)25-10-3-11-30(25,26)27/h6-7,12-15H,3-5,8-11H2,1-2H3. The molecule has 1 unspecified atom stereocenters. The average Bonchev–Trinajstić information content (AvgIpc) is 3.32. The zero-order chi connectivity index (χ0) is 21.1. The van der Waals surface area contributed by atoms with Crippen LogP contribution in [-0.2, 0) is 22.9 Å². The van der Waals surface area contributed by atoms with E-state index in [4.69, 9.17) is 4.42 Å². The van der Waals surface area contributed by atoms with Crippen LogP contribution in [0.25, 0.3) is 11.1 Å². The number of aryl methyl sites for hydroxylation is 2. The Morgan fingerprint density at radius 1 is 1.20 bits per heavy atom. The van der Waals surface area contributed by atoms with Gasteiger partial charge in [0, 0.05) is 42.7 Å². The van der Waals surface area contributed by atoms with E-state index in [1.54, 1.807) is 17.8 Å². The molecule has 4 rings (SSSR count). The Labute approximate surface area is 181 Å². The minimum Gasteiger partial charge on any atom is -0.441 e. The Hall–Kier alpha value is -2.13. The number of oxazole rings is 1. The predicted octanol–water partition coefficient (Wildman–Crippen LogP) is 4.08. The minimum absolute atomic E-state index is 0.206. The van der Waals surface area contributed by atoms with Crippen LogP contribution in [0.4, 0.5) is 5.69 Å². The molecule has 1 fully saturated rings.